The highest BCUT2D eigenvalue weighted by Crippen LogP contribution is 2.37. The largest absolute Gasteiger partial charge is 0.497 e. The average Bonchev–Trinajstić information content (AvgIpc) is 3.36. The van der Waals surface area contributed by atoms with E-state index in [1.54, 1.807) is 7.11 Å². The van der Waals surface area contributed by atoms with Crippen molar-refractivity contribution in [2.45, 2.75) is 31.4 Å². The maximum absolute atomic E-state index is 13.2. The highest BCUT2D eigenvalue weighted by atomic mass is 16.5. The lowest BCUT2D eigenvalue weighted by Crippen LogP contribution is -2.53. The number of hydrogen-bond donors (Lipinski definition) is 0. The minimum Gasteiger partial charge on any atom is -0.497 e. The smallest absolute Gasteiger partial charge is 0.254 e. The Morgan fingerprint density at radius 2 is 2.04 bits per heavy atom. The van der Waals surface area contributed by atoms with Crippen LogP contribution in [0.3, 0.4) is 0 Å². The lowest BCUT2D eigenvalue weighted by molar-refractivity contribution is -0.0156. The average molecular weight is 344 g/mol. The van der Waals surface area contributed by atoms with Gasteiger partial charge in [-0.15, -0.1) is 0 Å². The van der Waals surface area contributed by atoms with Gasteiger partial charge in [-0.05, 0) is 43.4 Å². The van der Waals surface area contributed by atoms with Crippen LogP contribution in [0.25, 0.3) is 0 Å². The summed E-state index contributed by atoms with van der Waals surface area (Å²) < 4.78 is 11.0. The third-order valence-corrected chi connectivity index (χ3v) is 6.03. The monoisotopic (exact) mass is 344 g/mol. The summed E-state index contributed by atoms with van der Waals surface area (Å²) in [5, 5.41) is 0. The standard InChI is InChI=1S/C20H28N2O3/c1-24-16-5-3-4-15(10-16)20(23)22-9-8-19(25-2)17-12-21(13-18(17)22)11-14-6-7-14/h3-5,10,14,17-19H,6-9,11-13H2,1-2H3/t17-,18+,19-/m1/s1. The molecule has 3 fully saturated rings. The topological polar surface area (TPSA) is 42.0 Å². The van der Waals surface area contributed by atoms with Crippen LogP contribution in [-0.4, -0.2) is 68.3 Å². The molecule has 0 N–H and O–H groups in total. The molecular formula is C20H28N2O3. The van der Waals surface area contributed by atoms with E-state index in [9.17, 15) is 4.79 Å². The molecule has 0 bridgehead atoms. The molecule has 0 aromatic heterocycles. The molecule has 4 rings (SSSR count). The van der Waals surface area contributed by atoms with E-state index >= 15 is 0 Å². The number of amides is 1. The molecule has 5 heteroatoms. The summed E-state index contributed by atoms with van der Waals surface area (Å²) in [6, 6.07) is 7.76. The zero-order chi connectivity index (χ0) is 17.4. The van der Waals surface area contributed by atoms with Gasteiger partial charge in [0.1, 0.15) is 5.75 Å². The Morgan fingerprint density at radius 3 is 2.76 bits per heavy atom. The van der Waals surface area contributed by atoms with Crippen LogP contribution in [0.1, 0.15) is 29.6 Å². The summed E-state index contributed by atoms with van der Waals surface area (Å²) in [7, 11) is 3.45. The second-order valence-corrected chi connectivity index (χ2v) is 7.69. The first-order valence-electron chi connectivity index (χ1n) is 9.39. The molecule has 0 radical (unpaired) electrons. The van der Waals surface area contributed by atoms with E-state index in [2.05, 4.69) is 9.80 Å². The summed E-state index contributed by atoms with van der Waals surface area (Å²) in [6.07, 6.45) is 3.92. The Morgan fingerprint density at radius 1 is 1.20 bits per heavy atom. The van der Waals surface area contributed by atoms with E-state index in [-0.39, 0.29) is 18.1 Å². The van der Waals surface area contributed by atoms with E-state index in [1.165, 1.54) is 19.4 Å². The Bertz CT molecular complexity index is 631. The van der Waals surface area contributed by atoms with Crippen molar-refractivity contribution in [3.8, 4) is 5.75 Å². The third-order valence-electron chi connectivity index (χ3n) is 6.03. The maximum Gasteiger partial charge on any atom is 0.254 e. The normalized spacial score (nSPS) is 29.5. The van der Waals surface area contributed by atoms with Crippen LogP contribution in [0.5, 0.6) is 5.75 Å². The van der Waals surface area contributed by atoms with Crippen molar-refractivity contribution in [1.82, 2.24) is 9.80 Å². The molecular weight excluding hydrogens is 316 g/mol. The lowest BCUT2D eigenvalue weighted by Gasteiger charge is -2.41. The number of carbonyl (C=O) groups excluding carboxylic acids is 1. The molecule has 25 heavy (non-hydrogen) atoms. The molecule has 0 unspecified atom stereocenters. The number of piperidine rings is 1. The van der Waals surface area contributed by atoms with Gasteiger partial charge in [0.15, 0.2) is 0 Å². The highest BCUT2D eigenvalue weighted by Gasteiger charge is 2.46. The molecule has 2 aliphatic heterocycles. The molecule has 1 amide bonds. The molecule has 1 saturated carbocycles. The van der Waals surface area contributed by atoms with Gasteiger partial charge in [-0.25, -0.2) is 0 Å². The second kappa shape index (κ2) is 6.96. The van der Waals surface area contributed by atoms with Gasteiger partial charge in [0.25, 0.3) is 5.91 Å². The van der Waals surface area contributed by atoms with Crippen LogP contribution in [0.15, 0.2) is 24.3 Å². The Labute approximate surface area is 149 Å². The summed E-state index contributed by atoms with van der Waals surface area (Å²) in [5.74, 6) is 2.16. The van der Waals surface area contributed by atoms with Crippen molar-refractivity contribution in [3.63, 3.8) is 0 Å². The van der Waals surface area contributed by atoms with Crippen molar-refractivity contribution in [1.29, 1.82) is 0 Å². The van der Waals surface area contributed by atoms with Crippen molar-refractivity contribution in [2.75, 3.05) is 40.4 Å². The first-order valence-corrected chi connectivity index (χ1v) is 9.39. The summed E-state index contributed by atoms with van der Waals surface area (Å²) in [4.78, 5) is 17.8. The Hall–Kier alpha value is -1.59. The predicted octanol–water partition coefficient (Wildman–Crippen LogP) is 2.27. The van der Waals surface area contributed by atoms with Gasteiger partial charge in [0.05, 0.1) is 19.3 Å². The quantitative estimate of drug-likeness (QED) is 0.822. The number of methoxy groups -OCH3 is 2. The summed E-state index contributed by atoms with van der Waals surface area (Å²) in [5.41, 5.74) is 0.717. The van der Waals surface area contributed by atoms with Crippen molar-refractivity contribution in [2.24, 2.45) is 11.8 Å². The van der Waals surface area contributed by atoms with Crippen LogP contribution < -0.4 is 4.74 Å². The minimum absolute atomic E-state index is 0.122. The van der Waals surface area contributed by atoms with E-state index in [0.717, 1.165) is 43.3 Å². The number of ether oxygens (including phenoxy) is 2. The number of benzene rings is 1. The van der Waals surface area contributed by atoms with Gasteiger partial charge >= 0.3 is 0 Å². The second-order valence-electron chi connectivity index (χ2n) is 7.69. The molecule has 2 saturated heterocycles. The number of likely N-dealkylation sites (tertiary alicyclic amines) is 2. The highest BCUT2D eigenvalue weighted by molar-refractivity contribution is 5.95. The van der Waals surface area contributed by atoms with Crippen molar-refractivity contribution >= 4 is 5.91 Å². The number of nitrogens with zero attached hydrogens (tertiary/aromatic N) is 2. The van der Waals surface area contributed by atoms with Gasteiger partial charge in [-0.3, -0.25) is 4.79 Å². The van der Waals surface area contributed by atoms with Gasteiger partial charge in [0, 0.05) is 44.8 Å². The molecule has 3 atom stereocenters. The SMILES string of the molecule is COc1cccc(C(=O)N2CC[C@@H](OC)[C@@H]3CN(CC4CC4)C[C@@H]32)c1. The van der Waals surface area contributed by atoms with Gasteiger partial charge < -0.3 is 19.3 Å². The fourth-order valence-electron chi connectivity index (χ4n) is 4.52. The Kier molecular flexibility index (Phi) is 4.69. The third kappa shape index (κ3) is 3.40. The maximum atomic E-state index is 13.2. The molecule has 1 aromatic carbocycles. The van der Waals surface area contributed by atoms with E-state index in [0.29, 0.717) is 5.92 Å². The van der Waals surface area contributed by atoms with Crippen molar-refractivity contribution in [3.05, 3.63) is 29.8 Å². The van der Waals surface area contributed by atoms with Crippen molar-refractivity contribution < 1.29 is 14.3 Å². The summed E-state index contributed by atoms with van der Waals surface area (Å²) in [6.45, 7) is 4.00. The van der Waals surface area contributed by atoms with Crippen LogP contribution in [-0.2, 0) is 4.74 Å². The van der Waals surface area contributed by atoms with Crippen LogP contribution >= 0.6 is 0 Å². The number of carbonyl (C=O) groups is 1. The van der Waals surface area contributed by atoms with E-state index in [1.807, 2.05) is 31.4 Å². The van der Waals surface area contributed by atoms with Gasteiger partial charge in [0.2, 0.25) is 0 Å². The minimum atomic E-state index is 0.122. The zero-order valence-corrected chi connectivity index (χ0v) is 15.2. The fourth-order valence-corrected chi connectivity index (χ4v) is 4.52. The number of hydrogen-bond acceptors (Lipinski definition) is 4. The fraction of sp³-hybridized carbons (Fsp3) is 0.650. The van der Waals surface area contributed by atoms with E-state index in [4.69, 9.17) is 9.47 Å². The predicted molar refractivity (Wildman–Crippen MR) is 95.9 cm³/mol. The number of fused-ring (bicyclic) bond motifs is 1. The van der Waals surface area contributed by atoms with Crippen LogP contribution in [0.2, 0.25) is 0 Å². The zero-order valence-electron chi connectivity index (χ0n) is 15.2. The van der Waals surface area contributed by atoms with Crippen LogP contribution in [0.4, 0.5) is 0 Å². The molecule has 5 nitrogen and oxygen atoms in total. The first-order chi connectivity index (χ1) is 12.2. The van der Waals surface area contributed by atoms with Crippen LogP contribution in [0, 0.1) is 11.8 Å². The molecule has 1 aliphatic carbocycles. The lowest BCUT2D eigenvalue weighted by atomic mass is 9.88. The van der Waals surface area contributed by atoms with Gasteiger partial charge in [-0.2, -0.15) is 0 Å². The molecule has 3 aliphatic rings. The summed E-state index contributed by atoms with van der Waals surface area (Å²) >= 11 is 0. The molecule has 136 valence electrons. The van der Waals surface area contributed by atoms with E-state index < -0.39 is 0 Å². The number of rotatable bonds is 5. The Balaban J connectivity index is 1.53. The first kappa shape index (κ1) is 16.9. The molecule has 2 heterocycles. The molecule has 0 spiro atoms. The molecule has 1 aromatic rings. The van der Waals surface area contributed by atoms with Gasteiger partial charge in [-0.1, -0.05) is 6.07 Å².